The van der Waals surface area contributed by atoms with Gasteiger partial charge in [0, 0.05) is 38.0 Å². The Morgan fingerprint density at radius 3 is 2.54 bits per heavy atom. The molecule has 0 aromatic carbocycles. The number of piperidine rings is 1. The summed E-state index contributed by atoms with van der Waals surface area (Å²) >= 11 is 0. The van der Waals surface area contributed by atoms with E-state index in [9.17, 15) is 9.59 Å². The first-order valence-electron chi connectivity index (χ1n) is 9.62. The highest BCUT2D eigenvalue weighted by Gasteiger charge is 2.25. The van der Waals surface area contributed by atoms with E-state index < -0.39 is 0 Å². The predicted molar refractivity (Wildman–Crippen MR) is 98.3 cm³/mol. The average molecular weight is 362 g/mol. The Morgan fingerprint density at radius 2 is 1.96 bits per heavy atom. The van der Waals surface area contributed by atoms with Crippen molar-refractivity contribution in [1.29, 1.82) is 0 Å². The molecule has 26 heavy (non-hydrogen) atoms. The van der Waals surface area contributed by atoms with Gasteiger partial charge in [0.25, 0.3) is 0 Å². The summed E-state index contributed by atoms with van der Waals surface area (Å²) < 4.78 is 7.34. The Balaban J connectivity index is 1.46. The van der Waals surface area contributed by atoms with Crippen LogP contribution in [0, 0.1) is 13.8 Å². The molecule has 7 nitrogen and oxygen atoms in total. The molecule has 0 radical (unpaired) electrons. The second-order valence-corrected chi connectivity index (χ2v) is 7.54. The monoisotopic (exact) mass is 362 g/mol. The molecule has 1 amide bonds. The van der Waals surface area contributed by atoms with Gasteiger partial charge in [0.05, 0.1) is 17.4 Å². The van der Waals surface area contributed by atoms with Gasteiger partial charge in [-0.15, -0.1) is 0 Å². The molecule has 1 aromatic heterocycles. The van der Waals surface area contributed by atoms with Gasteiger partial charge in [-0.25, -0.2) is 0 Å². The number of nitrogens with zero attached hydrogens (tertiary/aromatic N) is 3. The number of Topliss-reactive ketones (excluding diaryl/α,β-unsaturated/α-hetero) is 1. The Kier molecular flexibility index (Phi) is 6.09. The number of aromatic nitrogens is 2. The van der Waals surface area contributed by atoms with Crippen LogP contribution in [0.2, 0.25) is 0 Å². The lowest BCUT2D eigenvalue weighted by molar-refractivity contribution is -0.122. The molecule has 1 N–H and O–H groups in total. The fourth-order valence-electron chi connectivity index (χ4n) is 4.11. The van der Waals surface area contributed by atoms with Crippen molar-refractivity contribution >= 4 is 11.7 Å². The largest absolute Gasteiger partial charge is 0.377 e. The molecular formula is C19H30N4O3. The second kappa shape index (κ2) is 8.31. The first-order chi connectivity index (χ1) is 12.4. The molecular weight excluding hydrogens is 332 g/mol. The van der Waals surface area contributed by atoms with Crippen molar-refractivity contribution in [1.82, 2.24) is 20.0 Å². The quantitative estimate of drug-likeness (QED) is 0.776. The molecule has 1 aromatic rings. The maximum Gasteiger partial charge on any atom is 0.241 e. The summed E-state index contributed by atoms with van der Waals surface area (Å²) in [5.74, 6) is -0.0476. The minimum absolute atomic E-state index is 0.00901. The SMILES string of the molecule is CC(=O)c1c(C)nn(CC(=O)NC2CCN(C[C@@H]3CCCO3)CC2)c1C. The molecule has 3 rings (SSSR count). The fourth-order valence-corrected chi connectivity index (χ4v) is 4.11. The molecule has 144 valence electrons. The predicted octanol–water partition coefficient (Wildman–Crippen LogP) is 1.46. The van der Waals surface area contributed by atoms with Crippen LogP contribution in [0.1, 0.15) is 54.4 Å². The molecule has 0 bridgehead atoms. The van der Waals surface area contributed by atoms with Crippen molar-refractivity contribution in [3.63, 3.8) is 0 Å². The molecule has 2 fully saturated rings. The highest BCUT2D eigenvalue weighted by molar-refractivity contribution is 5.96. The van der Waals surface area contributed by atoms with Gasteiger partial charge in [-0.2, -0.15) is 5.10 Å². The van der Waals surface area contributed by atoms with Gasteiger partial charge in [0.15, 0.2) is 5.78 Å². The summed E-state index contributed by atoms with van der Waals surface area (Å²) in [6.45, 7) is 9.25. The lowest BCUT2D eigenvalue weighted by atomic mass is 10.0. The van der Waals surface area contributed by atoms with Crippen molar-refractivity contribution in [2.45, 2.75) is 65.1 Å². The van der Waals surface area contributed by atoms with Crippen LogP contribution in [0.25, 0.3) is 0 Å². The van der Waals surface area contributed by atoms with Crippen LogP contribution in [0.15, 0.2) is 0 Å². The third kappa shape index (κ3) is 4.51. The maximum absolute atomic E-state index is 12.4. The molecule has 1 atom stereocenters. The van der Waals surface area contributed by atoms with E-state index in [2.05, 4.69) is 15.3 Å². The van der Waals surface area contributed by atoms with E-state index in [4.69, 9.17) is 4.74 Å². The number of amides is 1. The van der Waals surface area contributed by atoms with Gasteiger partial charge < -0.3 is 15.0 Å². The van der Waals surface area contributed by atoms with Crippen molar-refractivity contribution in [2.75, 3.05) is 26.2 Å². The minimum Gasteiger partial charge on any atom is -0.377 e. The number of hydrogen-bond acceptors (Lipinski definition) is 5. The molecule has 0 spiro atoms. The number of carbonyl (C=O) groups is 2. The number of ketones is 1. The number of rotatable bonds is 6. The Labute approximate surface area is 155 Å². The van der Waals surface area contributed by atoms with Gasteiger partial charge >= 0.3 is 0 Å². The molecule has 7 heteroatoms. The van der Waals surface area contributed by atoms with E-state index in [-0.39, 0.29) is 24.3 Å². The van der Waals surface area contributed by atoms with Crippen LogP contribution in [0.3, 0.4) is 0 Å². The summed E-state index contributed by atoms with van der Waals surface area (Å²) in [5, 5.41) is 7.47. The highest BCUT2D eigenvalue weighted by Crippen LogP contribution is 2.17. The summed E-state index contributed by atoms with van der Waals surface area (Å²) in [6.07, 6.45) is 4.67. The van der Waals surface area contributed by atoms with Gasteiger partial charge in [0.1, 0.15) is 6.54 Å². The summed E-state index contributed by atoms with van der Waals surface area (Å²) in [7, 11) is 0. The number of aryl methyl sites for hydroxylation is 1. The average Bonchev–Trinajstić information content (AvgIpc) is 3.17. The van der Waals surface area contributed by atoms with Gasteiger partial charge in [0.2, 0.25) is 5.91 Å². The van der Waals surface area contributed by atoms with Crippen LogP contribution in [0.5, 0.6) is 0 Å². The number of nitrogens with one attached hydrogen (secondary N) is 1. The van der Waals surface area contributed by atoms with Gasteiger partial charge in [-0.1, -0.05) is 0 Å². The molecule has 3 heterocycles. The van der Waals surface area contributed by atoms with Crippen molar-refractivity contribution in [2.24, 2.45) is 0 Å². The third-order valence-corrected chi connectivity index (χ3v) is 5.47. The third-order valence-electron chi connectivity index (χ3n) is 5.47. The highest BCUT2D eigenvalue weighted by atomic mass is 16.5. The lowest BCUT2D eigenvalue weighted by Gasteiger charge is -2.33. The van der Waals surface area contributed by atoms with Crippen LogP contribution >= 0.6 is 0 Å². The smallest absolute Gasteiger partial charge is 0.241 e. The number of likely N-dealkylation sites (tertiary alicyclic amines) is 1. The zero-order chi connectivity index (χ0) is 18.7. The summed E-state index contributed by atoms with van der Waals surface area (Å²) in [4.78, 5) is 26.5. The fraction of sp³-hybridized carbons (Fsp3) is 0.737. The number of hydrogen-bond donors (Lipinski definition) is 1. The first kappa shape index (κ1) is 19.0. The zero-order valence-electron chi connectivity index (χ0n) is 16.1. The van der Waals surface area contributed by atoms with Crippen LogP contribution in [0.4, 0.5) is 0 Å². The second-order valence-electron chi connectivity index (χ2n) is 7.54. The zero-order valence-corrected chi connectivity index (χ0v) is 16.1. The molecule has 0 aliphatic carbocycles. The van der Waals surface area contributed by atoms with E-state index in [1.807, 2.05) is 13.8 Å². The van der Waals surface area contributed by atoms with E-state index >= 15 is 0 Å². The molecule has 0 saturated carbocycles. The van der Waals surface area contributed by atoms with Crippen LogP contribution in [-0.2, 0) is 16.1 Å². The van der Waals surface area contributed by atoms with Crippen molar-refractivity contribution < 1.29 is 14.3 Å². The Hall–Kier alpha value is -1.73. The molecule has 0 unspecified atom stereocenters. The molecule has 2 aliphatic heterocycles. The lowest BCUT2D eigenvalue weighted by Crippen LogP contribution is -2.47. The Bertz CT molecular complexity index is 656. The van der Waals surface area contributed by atoms with Crippen LogP contribution in [-0.4, -0.2) is 64.8 Å². The van der Waals surface area contributed by atoms with E-state index in [1.54, 1.807) is 4.68 Å². The standard InChI is InChI=1S/C19H30N4O3/c1-13-19(15(3)24)14(2)23(21-13)12-18(25)20-16-6-8-22(9-7-16)11-17-5-4-10-26-17/h16-17H,4-12H2,1-3H3,(H,20,25)/t17-/m0/s1. The summed E-state index contributed by atoms with van der Waals surface area (Å²) in [5.41, 5.74) is 2.07. The van der Waals surface area contributed by atoms with Gasteiger partial charge in [-0.3, -0.25) is 14.3 Å². The molecule has 2 aliphatic rings. The molecule has 2 saturated heterocycles. The van der Waals surface area contributed by atoms with E-state index in [1.165, 1.54) is 19.8 Å². The summed E-state index contributed by atoms with van der Waals surface area (Å²) in [6, 6.07) is 0.215. The Morgan fingerprint density at radius 1 is 1.23 bits per heavy atom. The number of ether oxygens (including phenoxy) is 1. The van der Waals surface area contributed by atoms with Gasteiger partial charge in [-0.05, 0) is 46.5 Å². The first-order valence-corrected chi connectivity index (χ1v) is 9.62. The van der Waals surface area contributed by atoms with E-state index in [0.29, 0.717) is 17.4 Å². The topological polar surface area (TPSA) is 76.5 Å². The minimum atomic E-state index is -0.0386. The number of carbonyl (C=O) groups excluding carboxylic acids is 2. The van der Waals surface area contributed by atoms with Crippen LogP contribution < -0.4 is 5.32 Å². The van der Waals surface area contributed by atoms with Crippen molar-refractivity contribution in [3.8, 4) is 0 Å². The van der Waals surface area contributed by atoms with E-state index in [0.717, 1.165) is 44.8 Å². The maximum atomic E-state index is 12.4. The van der Waals surface area contributed by atoms with Crippen molar-refractivity contribution in [3.05, 3.63) is 17.0 Å². The normalized spacial score (nSPS) is 21.9.